The zero-order valence-electron chi connectivity index (χ0n) is 17.5. The maximum absolute atomic E-state index is 4.25. The Hall–Kier alpha value is 1.08. The summed E-state index contributed by atoms with van der Waals surface area (Å²) in [7, 11) is 0. The molecule has 0 nitrogen and oxygen atoms in total. The Morgan fingerprint density at radius 3 is 0.435 bits per heavy atom. The largest absolute Gasteiger partial charge is 3.00 e. The summed E-state index contributed by atoms with van der Waals surface area (Å²) >= 11 is 0. The third-order valence-electron chi connectivity index (χ3n) is 8.29. The molecule has 0 N–H and O–H groups in total. The molecule has 0 aromatic rings. The average Bonchev–Trinajstić information content (AvgIpc) is 2.81. The molecule has 0 aliphatic heterocycles. The summed E-state index contributed by atoms with van der Waals surface area (Å²) < 4.78 is 0. The van der Waals surface area contributed by atoms with E-state index in [1.54, 1.807) is 0 Å². The van der Waals surface area contributed by atoms with Crippen molar-refractivity contribution in [3.63, 3.8) is 0 Å². The fraction of sp³-hybridized carbons (Fsp3) is 0.909. The molecular weight excluding hydrogens is 415 g/mol. The van der Waals surface area contributed by atoms with E-state index in [0.717, 1.165) is 59.2 Å². The van der Waals surface area contributed by atoms with Gasteiger partial charge in [-0.25, -0.2) is 0 Å². The molecule has 0 heterocycles. The molecule has 23 heavy (non-hydrogen) atoms. The van der Waals surface area contributed by atoms with Crippen LogP contribution < -0.4 is 0 Å². The first kappa shape index (κ1) is 26.3. The number of hydrogen-bond donors (Lipinski definition) is 0. The van der Waals surface area contributed by atoms with Gasteiger partial charge < -0.3 is 6.58 Å². The molecule has 1 radical (unpaired) electrons. The van der Waals surface area contributed by atoms with Crippen LogP contribution in [0.2, 0.25) is 0 Å². The van der Waals surface area contributed by atoms with E-state index in [1.807, 2.05) is 0 Å². The molecule has 0 aromatic heterocycles. The smallest absolute Gasteiger partial charge is 0.521 e. The van der Waals surface area contributed by atoms with Gasteiger partial charge >= 0.3 is 40.4 Å². The molecule has 135 valence electrons. The van der Waals surface area contributed by atoms with Gasteiger partial charge in [0.2, 0.25) is 0 Å². The van der Waals surface area contributed by atoms with Crippen molar-refractivity contribution in [1.29, 1.82) is 0 Å². The van der Waals surface area contributed by atoms with Crippen molar-refractivity contribution in [3.05, 3.63) is 13.2 Å². The molecule has 2 rings (SSSR count). The molecule has 2 aliphatic carbocycles. The Labute approximate surface area is 180 Å². The molecule has 0 amide bonds. The fourth-order valence-electron chi connectivity index (χ4n) is 4.79. The van der Waals surface area contributed by atoms with E-state index < -0.39 is 0 Å². The minimum Gasteiger partial charge on any atom is -0.521 e. The quantitative estimate of drug-likeness (QED) is 0.345. The summed E-state index contributed by atoms with van der Waals surface area (Å²) in [5.74, 6) is 9.35. The third kappa shape index (κ3) is 6.08. The maximum Gasteiger partial charge on any atom is 3.00 e. The van der Waals surface area contributed by atoms with Gasteiger partial charge in [-0.05, 0) is 59.2 Å². The summed E-state index contributed by atoms with van der Waals surface area (Å²) in [6.45, 7) is 31.0. The van der Waals surface area contributed by atoms with Gasteiger partial charge in [0, 0.05) is 0 Å². The maximum atomic E-state index is 4.25. The first-order valence-corrected chi connectivity index (χ1v) is 9.52. The van der Waals surface area contributed by atoms with E-state index in [0.29, 0.717) is 0 Å². The summed E-state index contributed by atoms with van der Waals surface area (Å²) in [5.41, 5.74) is 0. The molecule has 0 atom stereocenters. The van der Waals surface area contributed by atoms with Crippen molar-refractivity contribution in [3.8, 4) is 0 Å². The third-order valence-corrected chi connectivity index (χ3v) is 8.29. The van der Waals surface area contributed by atoms with Crippen molar-refractivity contribution in [2.45, 2.75) is 69.2 Å². The Morgan fingerprint density at radius 1 is 0.348 bits per heavy atom. The predicted molar refractivity (Wildman–Crippen MR) is 102 cm³/mol. The van der Waals surface area contributed by atoms with Crippen molar-refractivity contribution in [2.75, 3.05) is 0 Å². The van der Waals surface area contributed by atoms with Crippen molar-refractivity contribution in [2.24, 2.45) is 59.2 Å². The van der Waals surface area contributed by atoms with Crippen LogP contribution in [0.25, 0.3) is 0 Å². The molecule has 1 heteroatoms. The molecular formula is C22H43Sm+2. The Bertz CT molecular complexity index is 193. The van der Waals surface area contributed by atoms with E-state index in [2.05, 4.69) is 82.4 Å². The van der Waals surface area contributed by atoms with Gasteiger partial charge in [0.15, 0.2) is 0 Å². The second-order valence-corrected chi connectivity index (χ2v) is 8.59. The zero-order valence-corrected chi connectivity index (χ0v) is 20.1. The Kier molecular flexibility index (Phi) is 13.3. The second kappa shape index (κ2) is 11.6. The van der Waals surface area contributed by atoms with Crippen LogP contribution in [0.1, 0.15) is 69.2 Å². The zero-order chi connectivity index (χ0) is 17.8. The van der Waals surface area contributed by atoms with Crippen molar-refractivity contribution in [1.82, 2.24) is 0 Å². The van der Waals surface area contributed by atoms with Gasteiger partial charge in [-0.1, -0.05) is 69.2 Å². The average molecular weight is 458 g/mol. The Morgan fingerprint density at radius 2 is 0.391 bits per heavy atom. The number of rotatable bonds is 0. The fourth-order valence-corrected chi connectivity index (χ4v) is 4.79. The summed E-state index contributed by atoms with van der Waals surface area (Å²) in [5, 5.41) is 0. The Balaban J connectivity index is 0. The second-order valence-electron chi connectivity index (χ2n) is 8.59. The van der Waals surface area contributed by atoms with E-state index >= 15 is 0 Å². The minimum atomic E-state index is 0. The summed E-state index contributed by atoms with van der Waals surface area (Å²) in [6, 6.07) is 0. The van der Waals surface area contributed by atoms with Gasteiger partial charge in [0.25, 0.3) is 0 Å². The molecule has 0 spiro atoms. The van der Waals surface area contributed by atoms with Gasteiger partial charge in [-0.15, -0.1) is 0 Å². The molecule has 0 unspecified atom stereocenters. The molecule has 2 saturated carbocycles. The van der Waals surface area contributed by atoms with E-state index in [9.17, 15) is 0 Å². The minimum absolute atomic E-state index is 0. The molecule has 0 bridgehead atoms. The topological polar surface area (TPSA) is 0 Å². The van der Waals surface area contributed by atoms with E-state index in [4.69, 9.17) is 0 Å². The molecule has 2 fully saturated rings. The standard InChI is InChI=1S/2C10H20.C2H3.Sm/c2*1-6-7(2)9(4)10(5)8(6)3;1-2;/h2*6-10H,1-5H3;1H,2H2;/q;;-1;+3. The van der Waals surface area contributed by atoms with Gasteiger partial charge in [-0.3, -0.25) is 6.58 Å². The normalized spacial score (nSPS) is 48.4. The summed E-state index contributed by atoms with van der Waals surface area (Å²) in [6.07, 6.45) is 0. The predicted octanol–water partition coefficient (Wildman–Crippen LogP) is 6.97. The van der Waals surface area contributed by atoms with Crippen LogP contribution in [0.4, 0.5) is 0 Å². The van der Waals surface area contributed by atoms with Crippen LogP contribution in [0.5, 0.6) is 0 Å². The first-order chi connectivity index (χ1) is 10.1. The van der Waals surface area contributed by atoms with Crippen LogP contribution >= 0.6 is 0 Å². The van der Waals surface area contributed by atoms with Gasteiger partial charge in [0.05, 0.1) is 0 Å². The van der Waals surface area contributed by atoms with Crippen molar-refractivity contribution >= 4 is 0 Å². The first-order valence-electron chi connectivity index (χ1n) is 9.52. The van der Waals surface area contributed by atoms with Gasteiger partial charge in [-0.2, -0.15) is 0 Å². The molecule has 2 aliphatic rings. The SMILES string of the molecule is CC1C(C)C(C)C(C)C1C.CC1C(C)C(C)C(C)C1C.[CH-]=C.[Sm+3]. The van der Waals surface area contributed by atoms with Gasteiger partial charge in [0.1, 0.15) is 0 Å². The van der Waals surface area contributed by atoms with Crippen LogP contribution in [0, 0.1) is 106 Å². The monoisotopic (exact) mass is 459 g/mol. The molecule has 0 aromatic carbocycles. The van der Waals surface area contributed by atoms with Crippen LogP contribution in [0.15, 0.2) is 6.58 Å². The molecule has 0 saturated heterocycles. The number of hydrogen-bond acceptors (Lipinski definition) is 0. The van der Waals surface area contributed by atoms with Crippen molar-refractivity contribution < 1.29 is 40.4 Å². The van der Waals surface area contributed by atoms with Crippen LogP contribution in [0.3, 0.4) is 0 Å². The van der Waals surface area contributed by atoms with E-state index in [-0.39, 0.29) is 40.4 Å². The van der Waals surface area contributed by atoms with Crippen LogP contribution in [-0.4, -0.2) is 0 Å². The van der Waals surface area contributed by atoms with E-state index in [1.165, 1.54) is 0 Å². The van der Waals surface area contributed by atoms with Crippen LogP contribution in [-0.2, 0) is 0 Å². The summed E-state index contributed by atoms with van der Waals surface area (Å²) in [4.78, 5) is 0.